The lowest BCUT2D eigenvalue weighted by Crippen LogP contribution is -2.33. The van der Waals surface area contributed by atoms with Crippen LogP contribution in [0.15, 0.2) is 49.0 Å². The lowest BCUT2D eigenvalue weighted by Gasteiger charge is -2.21. The number of nitriles is 1. The van der Waals surface area contributed by atoms with Crippen molar-refractivity contribution in [2.24, 2.45) is 17.2 Å². The summed E-state index contributed by atoms with van der Waals surface area (Å²) in [5.41, 5.74) is 13.8. The second-order valence-corrected chi connectivity index (χ2v) is 11.3. The molecule has 0 atom stereocenters. The van der Waals surface area contributed by atoms with Crippen molar-refractivity contribution in [3.63, 3.8) is 0 Å². The first-order valence-corrected chi connectivity index (χ1v) is 13.9. The maximum atomic E-state index is 10.2. The van der Waals surface area contributed by atoms with Crippen molar-refractivity contribution in [1.29, 1.82) is 5.26 Å². The molecule has 0 aliphatic rings. The van der Waals surface area contributed by atoms with E-state index >= 15 is 0 Å². The third-order valence-electron chi connectivity index (χ3n) is 2.69. The number of nitrogens with zero attached hydrogens (tertiary/aromatic N) is 1. The molecule has 0 aliphatic carbocycles. The quantitative estimate of drug-likeness (QED) is 0.0909. The third-order valence-corrected chi connectivity index (χ3v) is 3.32. The highest BCUT2D eigenvalue weighted by atomic mass is 32.3. The van der Waals surface area contributed by atoms with Crippen molar-refractivity contribution in [2.45, 2.75) is 65.3 Å². The van der Waals surface area contributed by atoms with E-state index in [2.05, 4.69) is 30.5 Å². The largest absolute Gasteiger partial charge is 0.412 e. The number of hydrogen-bond donors (Lipinski definition) is 10. The fourth-order valence-corrected chi connectivity index (χ4v) is 0.950. The highest BCUT2D eigenvalue weighted by molar-refractivity contribution is 7.81. The Labute approximate surface area is 247 Å². The smallest absolute Gasteiger partial charge is 0.398 e. The zero-order valence-corrected chi connectivity index (χ0v) is 26.7. The molecule has 0 spiro atoms. The van der Waals surface area contributed by atoms with Gasteiger partial charge in [-0.2, -0.15) is 30.5 Å². The number of nitrogens with two attached hydrogens (primary N) is 3. The fourth-order valence-electron chi connectivity index (χ4n) is 0.317. The van der Waals surface area contributed by atoms with Crippen molar-refractivity contribution in [3.8, 4) is 6.07 Å². The molecule has 0 heterocycles. The highest BCUT2D eigenvalue weighted by Gasteiger charge is 2.26. The van der Waals surface area contributed by atoms with Crippen molar-refractivity contribution in [1.82, 2.24) is 0 Å². The van der Waals surface area contributed by atoms with E-state index in [9.17, 15) is 8.42 Å². The van der Waals surface area contributed by atoms with Gasteiger partial charge in [0.1, 0.15) is 11.2 Å². The molecule has 0 amide bonds. The van der Waals surface area contributed by atoms with E-state index in [0.717, 1.165) is 5.57 Å². The SMILES string of the molecule is C=C(C)C(=C)N.C=C(N)C(C)(C)O.C=C(N)C(C)(C)OS(=O)(=O)O.CC(C)(O)C#N.O.O.O=S(=O)(O)O.O=S(=O)(O)O. The van der Waals surface area contributed by atoms with Gasteiger partial charge < -0.3 is 38.4 Å². The maximum Gasteiger partial charge on any atom is 0.398 e. The summed E-state index contributed by atoms with van der Waals surface area (Å²) in [6.45, 7) is 24.2. The molecule has 0 saturated carbocycles. The Morgan fingerprint density at radius 2 is 0.881 bits per heavy atom. The average molecular weight is 683 g/mol. The van der Waals surface area contributed by atoms with Crippen molar-refractivity contribution in [2.75, 3.05) is 0 Å². The maximum absolute atomic E-state index is 10.2. The van der Waals surface area contributed by atoms with Gasteiger partial charge in [0.2, 0.25) is 0 Å². The number of allylic oxidation sites excluding steroid dienone is 1. The molecule has 0 aromatic carbocycles. The van der Waals surface area contributed by atoms with Gasteiger partial charge in [-0.05, 0) is 54.0 Å². The van der Waals surface area contributed by atoms with E-state index in [1.165, 1.54) is 27.7 Å². The van der Waals surface area contributed by atoms with E-state index in [1.54, 1.807) is 19.9 Å². The Kier molecular flexibility index (Phi) is 33.4. The molecular weight excluding hydrogens is 636 g/mol. The molecule has 0 unspecified atom stereocenters. The van der Waals surface area contributed by atoms with Crippen molar-refractivity contribution >= 4 is 31.2 Å². The molecule has 0 aromatic rings. The van der Waals surface area contributed by atoms with Crippen LogP contribution in [0.5, 0.6) is 0 Å². The molecule has 0 fully saturated rings. The van der Waals surface area contributed by atoms with Gasteiger partial charge in [0.05, 0.1) is 11.7 Å². The number of rotatable bonds is 5. The monoisotopic (exact) mass is 682 g/mol. The van der Waals surface area contributed by atoms with Gasteiger partial charge in [0, 0.05) is 17.1 Å². The molecule has 0 radical (unpaired) electrons. The van der Waals surface area contributed by atoms with Gasteiger partial charge >= 0.3 is 31.2 Å². The van der Waals surface area contributed by atoms with E-state index in [0.29, 0.717) is 11.4 Å². The van der Waals surface area contributed by atoms with Gasteiger partial charge in [0.25, 0.3) is 0 Å². The van der Waals surface area contributed by atoms with E-state index in [1.807, 2.05) is 6.92 Å². The molecule has 42 heavy (non-hydrogen) atoms. The van der Waals surface area contributed by atoms with Crippen LogP contribution in [-0.4, -0.2) is 86.0 Å². The van der Waals surface area contributed by atoms with Crippen molar-refractivity contribution in [3.05, 3.63) is 49.0 Å². The summed E-state index contributed by atoms with van der Waals surface area (Å²) in [6.07, 6.45) is 0. The van der Waals surface area contributed by atoms with Crippen LogP contribution < -0.4 is 17.2 Å². The molecule has 0 aliphatic heterocycles. The predicted molar refractivity (Wildman–Crippen MR) is 155 cm³/mol. The van der Waals surface area contributed by atoms with Crippen molar-refractivity contribution < 1.29 is 73.4 Å². The zero-order chi connectivity index (χ0) is 34.7. The lowest BCUT2D eigenvalue weighted by molar-refractivity contribution is 0.118. The Morgan fingerprint density at radius 1 is 0.714 bits per heavy atom. The number of hydrogen-bond acceptors (Lipinski definition) is 13. The molecule has 23 heteroatoms. The fraction of sp³-hybridized carbons (Fsp3) is 0.526. The minimum atomic E-state index is -4.67. The van der Waals surface area contributed by atoms with E-state index in [4.69, 9.17) is 72.3 Å². The molecule has 20 nitrogen and oxygen atoms in total. The van der Waals surface area contributed by atoms with E-state index in [-0.39, 0.29) is 16.6 Å². The first-order chi connectivity index (χ1) is 16.8. The summed E-state index contributed by atoms with van der Waals surface area (Å²) >= 11 is 0. The summed E-state index contributed by atoms with van der Waals surface area (Å²) < 4.78 is 96.0. The van der Waals surface area contributed by atoms with Gasteiger partial charge in [-0.3, -0.25) is 22.8 Å². The standard InChI is InChI=1S/C5H11NO4S.C5H11NO.C5H9N.C4H7NO.2H2O4S.2H2O/c1-4(6)5(2,3)10-11(7,8)9;1-4(6)5(2,3)7;1-4(2)5(3)6;1-4(2,6)3-5;2*1-5(2,3)4;;/h1,6H2,2-3H3,(H,7,8,9);7H,1,6H2,2-3H3;1,3,6H2,2H3;6H,1-2H3;2*(H2,1,2,3,4);2*1H2. The Balaban J connectivity index is -0.0000000560. The predicted octanol–water partition coefficient (Wildman–Crippen LogP) is -1.35. The molecule has 256 valence electrons. The summed E-state index contributed by atoms with van der Waals surface area (Å²) in [4.78, 5) is 0. The summed E-state index contributed by atoms with van der Waals surface area (Å²) in [5, 5.41) is 25.2. The average Bonchev–Trinajstić information content (AvgIpc) is 2.56. The molecule has 17 N–H and O–H groups in total. The minimum absolute atomic E-state index is 0. The summed E-state index contributed by atoms with van der Waals surface area (Å²) in [7, 11) is -13.8. The van der Waals surface area contributed by atoms with Crippen LogP contribution >= 0.6 is 0 Å². The van der Waals surface area contributed by atoms with Gasteiger partial charge in [0.15, 0.2) is 0 Å². The Morgan fingerprint density at radius 3 is 0.905 bits per heavy atom. The first-order valence-electron chi connectivity index (χ1n) is 9.73. The molecule has 0 bridgehead atoms. The van der Waals surface area contributed by atoms with Gasteiger partial charge in [-0.15, -0.1) is 0 Å². The summed E-state index contributed by atoms with van der Waals surface area (Å²) in [5.74, 6) is 0. The highest BCUT2D eigenvalue weighted by Crippen LogP contribution is 2.16. The second kappa shape index (κ2) is 23.8. The van der Waals surface area contributed by atoms with Gasteiger partial charge in [-0.25, -0.2) is 4.18 Å². The Hall–Kier alpha value is -2.70. The lowest BCUT2D eigenvalue weighted by atomic mass is 10.1. The second-order valence-electron chi connectivity index (χ2n) is 8.50. The van der Waals surface area contributed by atoms with Crippen LogP contribution in [0.4, 0.5) is 0 Å². The van der Waals surface area contributed by atoms with Crippen LogP contribution in [0.1, 0.15) is 48.5 Å². The summed E-state index contributed by atoms with van der Waals surface area (Å²) in [6, 6.07) is 1.66. The minimum Gasteiger partial charge on any atom is -0.412 e. The molecular formula is C19H46N4O16S3. The molecule has 0 aromatic heterocycles. The van der Waals surface area contributed by atoms with Gasteiger partial charge in [-0.1, -0.05) is 26.3 Å². The van der Waals surface area contributed by atoms with E-state index < -0.39 is 48.0 Å². The topological polar surface area (TPSA) is 418 Å². The third kappa shape index (κ3) is 98.8. The first kappa shape index (κ1) is 58.8. The number of aliphatic hydroxyl groups is 2. The Bertz CT molecular complexity index is 1120. The molecule has 0 saturated heterocycles. The van der Waals surface area contributed by atoms with Crippen LogP contribution in [0.2, 0.25) is 0 Å². The van der Waals surface area contributed by atoms with Crippen LogP contribution in [0.3, 0.4) is 0 Å². The van der Waals surface area contributed by atoms with Crippen LogP contribution in [0.25, 0.3) is 0 Å². The van der Waals surface area contributed by atoms with Crippen LogP contribution in [-0.2, 0) is 35.4 Å². The zero-order valence-electron chi connectivity index (χ0n) is 24.2. The van der Waals surface area contributed by atoms with Crippen LogP contribution in [0, 0.1) is 11.3 Å². The normalized spacial score (nSPS) is 10.6. The molecule has 0 rings (SSSR count).